The minimum Gasteiger partial charge on any atom is -0.493 e. The van der Waals surface area contributed by atoms with Crippen LogP contribution in [0.15, 0.2) is 43.0 Å². The lowest BCUT2D eigenvalue weighted by Crippen LogP contribution is -2.46. The van der Waals surface area contributed by atoms with Gasteiger partial charge in [0.25, 0.3) is 0 Å². The SMILES string of the molecule is C=CCNC(=S)N1CCc2cc(OC)c(OC)cc2[C@@H]1c1ccc(OC)c(OC)c1. The van der Waals surface area contributed by atoms with Crippen molar-refractivity contribution in [2.75, 3.05) is 41.5 Å². The molecule has 7 heteroatoms. The first-order valence-corrected chi connectivity index (χ1v) is 10.1. The molecular formula is C23H28N2O4S. The number of hydrogen-bond donors (Lipinski definition) is 1. The van der Waals surface area contributed by atoms with Crippen molar-refractivity contribution in [2.24, 2.45) is 0 Å². The molecule has 0 saturated heterocycles. The second kappa shape index (κ2) is 9.71. The van der Waals surface area contributed by atoms with E-state index in [2.05, 4.69) is 22.9 Å². The fraction of sp³-hybridized carbons (Fsp3) is 0.348. The van der Waals surface area contributed by atoms with Gasteiger partial charge in [0.1, 0.15) is 0 Å². The summed E-state index contributed by atoms with van der Waals surface area (Å²) in [6.45, 7) is 5.15. The maximum atomic E-state index is 5.72. The molecule has 1 atom stereocenters. The molecular weight excluding hydrogens is 400 g/mol. The van der Waals surface area contributed by atoms with Gasteiger partial charge in [-0.3, -0.25) is 0 Å². The number of methoxy groups -OCH3 is 4. The molecule has 0 aliphatic carbocycles. The summed E-state index contributed by atoms with van der Waals surface area (Å²) in [5, 5.41) is 3.94. The summed E-state index contributed by atoms with van der Waals surface area (Å²) in [4.78, 5) is 2.19. The minimum atomic E-state index is -0.113. The number of fused-ring (bicyclic) bond motifs is 1. The van der Waals surface area contributed by atoms with Crippen LogP contribution in [-0.2, 0) is 6.42 Å². The van der Waals surface area contributed by atoms with Crippen molar-refractivity contribution in [2.45, 2.75) is 12.5 Å². The number of ether oxygens (including phenoxy) is 4. The fourth-order valence-corrected chi connectivity index (χ4v) is 4.09. The Morgan fingerprint density at radius 3 is 2.30 bits per heavy atom. The Morgan fingerprint density at radius 1 is 1.03 bits per heavy atom. The molecule has 0 bridgehead atoms. The highest BCUT2D eigenvalue weighted by molar-refractivity contribution is 7.80. The van der Waals surface area contributed by atoms with Gasteiger partial charge in [0.05, 0.1) is 34.5 Å². The zero-order chi connectivity index (χ0) is 21.7. The molecule has 1 aliphatic heterocycles. The van der Waals surface area contributed by atoms with Crippen molar-refractivity contribution in [3.05, 3.63) is 59.7 Å². The Hall–Kier alpha value is -2.93. The molecule has 2 aromatic rings. The Morgan fingerprint density at radius 2 is 1.67 bits per heavy atom. The molecule has 3 rings (SSSR count). The van der Waals surface area contributed by atoms with Crippen molar-refractivity contribution >= 4 is 17.3 Å². The van der Waals surface area contributed by atoms with Crippen molar-refractivity contribution < 1.29 is 18.9 Å². The van der Waals surface area contributed by atoms with Gasteiger partial charge < -0.3 is 29.2 Å². The van der Waals surface area contributed by atoms with Crippen molar-refractivity contribution in [1.82, 2.24) is 10.2 Å². The van der Waals surface area contributed by atoms with E-state index in [1.165, 1.54) is 5.56 Å². The van der Waals surface area contributed by atoms with Gasteiger partial charge >= 0.3 is 0 Å². The highest BCUT2D eigenvalue weighted by atomic mass is 32.1. The molecule has 0 unspecified atom stereocenters. The van der Waals surface area contributed by atoms with E-state index < -0.39 is 0 Å². The zero-order valence-electron chi connectivity index (χ0n) is 17.9. The summed E-state index contributed by atoms with van der Waals surface area (Å²) in [7, 11) is 6.57. The van der Waals surface area contributed by atoms with Crippen molar-refractivity contribution in [3.8, 4) is 23.0 Å². The lowest BCUT2D eigenvalue weighted by atomic mass is 9.87. The van der Waals surface area contributed by atoms with Crippen LogP contribution in [-0.4, -0.2) is 51.5 Å². The average Bonchev–Trinajstić information content (AvgIpc) is 2.80. The molecule has 6 nitrogen and oxygen atoms in total. The van der Waals surface area contributed by atoms with E-state index in [0.29, 0.717) is 28.9 Å². The van der Waals surface area contributed by atoms with Gasteiger partial charge in [-0.2, -0.15) is 0 Å². The molecule has 0 amide bonds. The van der Waals surface area contributed by atoms with Gasteiger partial charge in [0.15, 0.2) is 28.1 Å². The molecule has 30 heavy (non-hydrogen) atoms. The molecule has 0 radical (unpaired) electrons. The smallest absolute Gasteiger partial charge is 0.169 e. The van der Waals surface area contributed by atoms with E-state index in [0.717, 1.165) is 29.8 Å². The third-order valence-corrected chi connectivity index (χ3v) is 5.63. The van der Waals surface area contributed by atoms with Crippen LogP contribution in [0, 0.1) is 0 Å². The Balaban J connectivity index is 2.15. The second-order valence-electron chi connectivity index (χ2n) is 6.84. The summed E-state index contributed by atoms with van der Waals surface area (Å²) in [5.74, 6) is 2.77. The highest BCUT2D eigenvalue weighted by Gasteiger charge is 2.32. The lowest BCUT2D eigenvalue weighted by Gasteiger charge is -2.40. The molecule has 0 saturated carbocycles. The zero-order valence-corrected chi connectivity index (χ0v) is 18.7. The van der Waals surface area contributed by atoms with E-state index >= 15 is 0 Å². The normalized spacial score (nSPS) is 15.1. The van der Waals surface area contributed by atoms with E-state index in [-0.39, 0.29) is 6.04 Å². The predicted octanol–water partition coefficient (Wildman–Crippen LogP) is 3.73. The van der Waals surface area contributed by atoms with Crippen LogP contribution in [0.1, 0.15) is 22.7 Å². The first-order valence-electron chi connectivity index (χ1n) is 9.70. The van der Waals surface area contributed by atoms with Gasteiger partial charge in [-0.1, -0.05) is 12.1 Å². The van der Waals surface area contributed by atoms with Crippen molar-refractivity contribution in [3.63, 3.8) is 0 Å². The Kier molecular flexibility index (Phi) is 7.05. The van der Waals surface area contributed by atoms with E-state index in [9.17, 15) is 0 Å². The summed E-state index contributed by atoms with van der Waals surface area (Å²) in [5.41, 5.74) is 3.37. The monoisotopic (exact) mass is 428 g/mol. The predicted molar refractivity (Wildman–Crippen MR) is 122 cm³/mol. The van der Waals surface area contributed by atoms with Gasteiger partial charge in [0.2, 0.25) is 0 Å². The van der Waals surface area contributed by atoms with Crippen LogP contribution in [0.2, 0.25) is 0 Å². The third-order valence-electron chi connectivity index (χ3n) is 5.26. The van der Waals surface area contributed by atoms with Gasteiger partial charge in [-0.15, -0.1) is 6.58 Å². The van der Waals surface area contributed by atoms with Crippen molar-refractivity contribution in [1.29, 1.82) is 0 Å². The average molecular weight is 429 g/mol. The molecule has 1 aliphatic rings. The van der Waals surface area contributed by atoms with E-state index in [1.807, 2.05) is 24.3 Å². The minimum absolute atomic E-state index is 0.113. The van der Waals surface area contributed by atoms with Crippen LogP contribution in [0.4, 0.5) is 0 Å². The fourth-order valence-electron chi connectivity index (χ4n) is 3.81. The number of hydrogen-bond acceptors (Lipinski definition) is 5. The Labute approximate surface area is 183 Å². The summed E-state index contributed by atoms with van der Waals surface area (Å²) in [6, 6.07) is 9.94. The van der Waals surface area contributed by atoms with Gasteiger partial charge in [-0.05, 0) is 59.6 Å². The third kappa shape index (κ3) is 4.16. The molecule has 160 valence electrons. The van der Waals surface area contributed by atoms with Gasteiger partial charge in [0, 0.05) is 13.1 Å². The first-order chi connectivity index (χ1) is 14.6. The lowest BCUT2D eigenvalue weighted by molar-refractivity contribution is 0.322. The molecule has 2 aromatic carbocycles. The summed E-state index contributed by atoms with van der Waals surface area (Å²) >= 11 is 5.72. The van der Waals surface area contributed by atoms with Gasteiger partial charge in [-0.25, -0.2) is 0 Å². The van der Waals surface area contributed by atoms with E-state index in [4.69, 9.17) is 31.2 Å². The first kappa shape index (κ1) is 21.8. The van der Waals surface area contributed by atoms with Crippen LogP contribution in [0.25, 0.3) is 0 Å². The summed E-state index contributed by atoms with van der Waals surface area (Å²) in [6.07, 6.45) is 2.64. The van der Waals surface area contributed by atoms with Crippen LogP contribution in [0.3, 0.4) is 0 Å². The molecule has 1 N–H and O–H groups in total. The van der Waals surface area contributed by atoms with Crippen LogP contribution >= 0.6 is 12.2 Å². The highest BCUT2D eigenvalue weighted by Crippen LogP contribution is 2.42. The largest absolute Gasteiger partial charge is 0.493 e. The van der Waals surface area contributed by atoms with Crippen LogP contribution in [0.5, 0.6) is 23.0 Å². The van der Waals surface area contributed by atoms with E-state index in [1.54, 1.807) is 34.5 Å². The quantitative estimate of drug-likeness (QED) is 0.533. The summed E-state index contributed by atoms with van der Waals surface area (Å²) < 4.78 is 22.1. The number of nitrogens with zero attached hydrogens (tertiary/aromatic N) is 1. The molecule has 0 aromatic heterocycles. The maximum absolute atomic E-state index is 5.72. The topological polar surface area (TPSA) is 52.2 Å². The number of rotatable bonds is 7. The molecule has 0 spiro atoms. The molecule has 0 fully saturated rings. The maximum Gasteiger partial charge on any atom is 0.169 e. The Bertz CT molecular complexity index is 932. The number of benzene rings is 2. The number of nitrogens with one attached hydrogen (secondary N) is 1. The van der Waals surface area contributed by atoms with Crippen LogP contribution < -0.4 is 24.3 Å². The standard InChI is InChI=1S/C23H28N2O4S/c1-6-10-24-23(30)25-11-9-15-12-20(28-4)21(29-5)14-17(15)22(25)16-7-8-18(26-2)19(13-16)27-3/h6-8,12-14,22H,1,9-11H2,2-5H3,(H,24,30)/t22-/m0/s1. The molecule has 1 heterocycles. The second-order valence-corrected chi connectivity index (χ2v) is 7.23. The number of thiocarbonyl (C=S) groups is 1.